The maximum Gasteiger partial charge on any atom is 0.341 e. The predicted molar refractivity (Wildman–Crippen MR) is 75.3 cm³/mol. The Morgan fingerprint density at radius 2 is 1.85 bits per heavy atom. The molecule has 2 aliphatic heterocycles. The molecule has 5 atom stereocenters. The molecule has 2 rings (SSSR count). The van der Waals surface area contributed by atoms with Crippen molar-refractivity contribution in [3.63, 3.8) is 0 Å². The molecule has 0 unspecified atom stereocenters. The molecular formula is C15H26N2O3. The van der Waals surface area contributed by atoms with Gasteiger partial charge in [-0.1, -0.05) is 34.6 Å². The third kappa shape index (κ3) is 2.16. The summed E-state index contributed by atoms with van der Waals surface area (Å²) in [5.74, 6) is 0.0127. The van der Waals surface area contributed by atoms with Gasteiger partial charge in [-0.2, -0.15) is 10.2 Å². The molecule has 0 N–H and O–H groups in total. The van der Waals surface area contributed by atoms with E-state index in [4.69, 9.17) is 9.47 Å². The lowest BCUT2D eigenvalue weighted by atomic mass is 9.71. The van der Waals surface area contributed by atoms with Crippen LogP contribution in [0.4, 0.5) is 0 Å². The van der Waals surface area contributed by atoms with E-state index in [1.807, 2.05) is 34.6 Å². The maximum atomic E-state index is 12.7. The fraction of sp³-hybridized carbons (Fsp3) is 0.933. The molecule has 0 aromatic rings. The highest BCUT2D eigenvalue weighted by Gasteiger charge is 2.62. The van der Waals surface area contributed by atoms with Crippen LogP contribution in [0, 0.1) is 17.3 Å². The first-order valence-corrected chi connectivity index (χ1v) is 7.39. The highest BCUT2D eigenvalue weighted by Crippen LogP contribution is 2.46. The molecule has 0 aromatic carbocycles. The van der Waals surface area contributed by atoms with Crippen molar-refractivity contribution in [3.8, 4) is 0 Å². The molecule has 5 heteroatoms. The van der Waals surface area contributed by atoms with Gasteiger partial charge in [-0.15, -0.1) is 0 Å². The lowest BCUT2D eigenvalue weighted by Gasteiger charge is -2.46. The van der Waals surface area contributed by atoms with Gasteiger partial charge in [0.1, 0.15) is 0 Å². The third-order valence-corrected chi connectivity index (χ3v) is 4.35. The smallest absolute Gasteiger partial charge is 0.341 e. The number of hydrogen-bond acceptors (Lipinski definition) is 5. The molecule has 0 saturated carbocycles. The lowest BCUT2D eigenvalue weighted by molar-refractivity contribution is -0.262. The van der Waals surface area contributed by atoms with Crippen molar-refractivity contribution < 1.29 is 14.3 Å². The van der Waals surface area contributed by atoms with Gasteiger partial charge in [-0.05, 0) is 19.8 Å². The van der Waals surface area contributed by atoms with Gasteiger partial charge in [0.25, 0.3) is 0 Å². The van der Waals surface area contributed by atoms with Gasteiger partial charge >= 0.3 is 5.97 Å². The number of cyclic esters (lactones) is 1. The van der Waals surface area contributed by atoms with Crippen LogP contribution in [0.2, 0.25) is 0 Å². The molecule has 1 saturated heterocycles. The average molecular weight is 282 g/mol. The summed E-state index contributed by atoms with van der Waals surface area (Å²) in [4.78, 5) is 12.7. The van der Waals surface area contributed by atoms with E-state index in [2.05, 4.69) is 24.1 Å². The fourth-order valence-corrected chi connectivity index (χ4v) is 3.34. The lowest BCUT2D eigenvalue weighted by Crippen LogP contribution is -2.62. The van der Waals surface area contributed by atoms with E-state index in [1.165, 1.54) is 0 Å². The van der Waals surface area contributed by atoms with Crippen LogP contribution in [0.5, 0.6) is 0 Å². The summed E-state index contributed by atoms with van der Waals surface area (Å²) < 4.78 is 11.6. The quantitative estimate of drug-likeness (QED) is 0.694. The number of nitrogens with zero attached hydrogens (tertiary/aromatic N) is 2. The molecule has 5 nitrogen and oxygen atoms in total. The molecule has 1 fully saturated rings. The van der Waals surface area contributed by atoms with Crippen LogP contribution in [-0.4, -0.2) is 29.9 Å². The Bertz CT molecular complexity index is 427. The van der Waals surface area contributed by atoms with Crippen molar-refractivity contribution >= 4 is 5.97 Å². The standard InChI is InChI=1S/C15H26N2O3/c1-8(2)11-9(3)16-17-15(11)10(4)19-13(14(5,6)7)20-12(15)18/h8-11,13H,1-7H3/t9-,10+,11+,13+,15+/m0/s1. The summed E-state index contributed by atoms with van der Waals surface area (Å²) in [5.41, 5.74) is -1.23. The van der Waals surface area contributed by atoms with Gasteiger partial charge in [-0.3, -0.25) is 0 Å². The topological polar surface area (TPSA) is 60.2 Å². The Balaban J connectivity index is 2.34. The molecule has 0 aliphatic carbocycles. The van der Waals surface area contributed by atoms with E-state index >= 15 is 0 Å². The van der Waals surface area contributed by atoms with Gasteiger partial charge in [0, 0.05) is 11.3 Å². The molecule has 0 radical (unpaired) electrons. The van der Waals surface area contributed by atoms with E-state index in [0.717, 1.165) is 0 Å². The van der Waals surface area contributed by atoms with E-state index in [0.29, 0.717) is 0 Å². The molecule has 2 heterocycles. The zero-order chi connectivity index (χ0) is 15.3. The third-order valence-electron chi connectivity index (χ3n) is 4.35. The van der Waals surface area contributed by atoms with Gasteiger partial charge in [-0.25, -0.2) is 4.79 Å². The van der Waals surface area contributed by atoms with Crippen molar-refractivity contribution in [3.05, 3.63) is 0 Å². The van der Waals surface area contributed by atoms with Crippen LogP contribution in [-0.2, 0) is 14.3 Å². The minimum atomic E-state index is -0.977. The number of hydrogen-bond donors (Lipinski definition) is 0. The minimum absolute atomic E-state index is 0.0137. The summed E-state index contributed by atoms with van der Waals surface area (Å²) in [6.45, 7) is 14.1. The van der Waals surface area contributed by atoms with Crippen LogP contribution >= 0.6 is 0 Å². The van der Waals surface area contributed by atoms with Gasteiger partial charge in [0.05, 0.1) is 12.1 Å². The van der Waals surface area contributed by atoms with E-state index < -0.39 is 11.8 Å². The molecular weight excluding hydrogens is 256 g/mol. The van der Waals surface area contributed by atoms with Crippen LogP contribution in [0.25, 0.3) is 0 Å². The van der Waals surface area contributed by atoms with Crippen molar-refractivity contribution in [2.24, 2.45) is 27.5 Å². The highest BCUT2D eigenvalue weighted by molar-refractivity contribution is 5.83. The highest BCUT2D eigenvalue weighted by atomic mass is 16.7. The van der Waals surface area contributed by atoms with Crippen molar-refractivity contribution in [1.29, 1.82) is 0 Å². The summed E-state index contributed by atoms with van der Waals surface area (Å²) in [6, 6.07) is 0.0137. The normalized spacial score (nSPS) is 41.5. The number of ether oxygens (including phenoxy) is 2. The second kappa shape index (κ2) is 4.79. The van der Waals surface area contributed by atoms with E-state index in [-0.39, 0.29) is 35.4 Å². The van der Waals surface area contributed by atoms with Gasteiger partial charge in [0.15, 0.2) is 0 Å². The Labute approximate surface area is 121 Å². The number of rotatable bonds is 1. The summed E-state index contributed by atoms with van der Waals surface area (Å²) in [5, 5.41) is 8.56. The summed E-state index contributed by atoms with van der Waals surface area (Å²) in [7, 11) is 0. The fourth-order valence-electron chi connectivity index (χ4n) is 3.34. The molecule has 20 heavy (non-hydrogen) atoms. The van der Waals surface area contributed by atoms with Crippen molar-refractivity contribution in [2.75, 3.05) is 0 Å². The predicted octanol–water partition coefficient (Wildman–Crippen LogP) is 3.19. The summed E-state index contributed by atoms with van der Waals surface area (Å²) in [6.07, 6.45) is -0.858. The second-order valence-corrected chi connectivity index (χ2v) is 7.43. The number of esters is 1. The van der Waals surface area contributed by atoms with Crippen LogP contribution in [0.3, 0.4) is 0 Å². The minimum Gasteiger partial charge on any atom is -0.433 e. The molecule has 1 spiro atoms. The average Bonchev–Trinajstić information content (AvgIpc) is 2.63. The van der Waals surface area contributed by atoms with E-state index in [9.17, 15) is 4.79 Å². The van der Waals surface area contributed by atoms with Gasteiger partial charge in [0.2, 0.25) is 11.8 Å². The monoisotopic (exact) mass is 282 g/mol. The van der Waals surface area contributed by atoms with Crippen LogP contribution < -0.4 is 0 Å². The Hall–Kier alpha value is -0.970. The first-order chi connectivity index (χ1) is 9.10. The first-order valence-electron chi connectivity index (χ1n) is 7.39. The zero-order valence-corrected chi connectivity index (χ0v) is 13.5. The maximum absolute atomic E-state index is 12.7. The molecule has 0 amide bonds. The SMILES string of the molecule is CC(C)[C@@H]1[C@H](C)N=N[C@@]12C(=O)O[C@H](C(C)(C)C)O[C@@H]2C. The van der Waals surface area contributed by atoms with Crippen LogP contribution in [0.15, 0.2) is 10.2 Å². The largest absolute Gasteiger partial charge is 0.433 e. The first kappa shape index (κ1) is 15.4. The second-order valence-electron chi connectivity index (χ2n) is 7.43. The molecule has 2 aliphatic rings. The summed E-state index contributed by atoms with van der Waals surface area (Å²) >= 11 is 0. The van der Waals surface area contributed by atoms with Crippen molar-refractivity contribution in [1.82, 2.24) is 0 Å². The molecule has 114 valence electrons. The Kier molecular flexibility index (Phi) is 3.70. The molecule has 0 bridgehead atoms. The Morgan fingerprint density at radius 3 is 2.30 bits per heavy atom. The Morgan fingerprint density at radius 1 is 1.25 bits per heavy atom. The molecule has 0 aromatic heterocycles. The number of carbonyl (C=O) groups excluding carboxylic acids is 1. The number of carbonyl (C=O) groups is 1. The van der Waals surface area contributed by atoms with Gasteiger partial charge < -0.3 is 9.47 Å². The number of azo groups is 1. The van der Waals surface area contributed by atoms with Crippen molar-refractivity contribution in [2.45, 2.75) is 72.4 Å². The van der Waals surface area contributed by atoms with Crippen LogP contribution in [0.1, 0.15) is 48.5 Å². The van der Waals surface area contributed by atoms with E-state index in [1.54, 1.807) is 0 Å². The zero-order valence-electron chi connectivity index (χ0n) is 13.5.